The summed E-state index contributed by atoms with van der Waals surface area (Å²) in [5.74, 6) is 0.0512. The average molecular weight is 323 g/mol. The van der Waals surface area contributed by atoms with Gasteiger partial charge >= 0.3 is 5.97 Å². The number of carbonyl (C=O) groups is 2. The highest BCUT2D eigenvalue weighted by Gasteiger charge is 2.22. The van der Waals surface area contributed by atoms with Gasteiger partial charge in [0, 0.05) is 23.2 Å². The summed E-state index contributed by atoms with van der Waals surface area (Å²) in [6, 6.07) is 0. The number of carboxylic acid groups (broad SMARTS) is 1. The molecule has 1 aliphatic rings. The molecule has 1 aromatic rings. The van der Waals surface area contributed by atoms with Crippen molar-refractivity contribution in [1.82, 2.24) is 5.32 Å². The van der Waals surface area contributed by atoms with Gasteiger partial charge in [-0.2, -0.15) is 0 Å². The number of thiophene rings is 1. The van der Waals surface area contributed by atoms with Gasteiger partial charge in [0.15, 0.2) is 0 Å². The largest absolute Gasteiger partial charge is 0.481 e. The molecule has 1 aromatic heterocycles. The first kappa shape index (κ1) is 17.0. The number of nitrogens with one attached hydrogen (secondary N) is 1. The van der Waals surface area contributed by atoms with E-state index in [1.165, 1.54) is 16.9 Å². The number of fused-ring (bicyclic) bond motifs is 1. The van der Waals surface area contributed by atoms with E-state index >= 15 is 0 Å². The van der Waals surface area contributed by atoms with E-state index in [0.717, 1.165) is 50.0 Å². The van der Waals surface area contributed by atoms with Crippen LogP contribution in [0.1, 0.15) is 66.2 Å². The fraction of sp³-hybridized carbons (Fsp3) is 0.647. The lowest BCUT2D eigenvalue weighted by atomic mass is 9.88. The second kappa shape index (κ2) is 8.32. The minimum atomic E-state index is -0.732. The number of hydrogen-bond donors (Lipinski definition) is 2. The molecule has 0 saturated carbocycles. The van der Waals surface area contributed by atoms with Gasteiger partial charge in [-0.15, -0.1) is 11.3 Å². The van der Waals surface area contributed by atoms with Crippen molar-refractivity contribution >= 4 is 23.2 Å². The van der Waals surface area contributed by atoms with E-state index in [4.69, 9.17) is 5.11 Å². The van der Waals surface area contributed by atoms with Gasteiger partial charge < -0.3 is 10.4 Å². The molecule has 2 rings (SSSR count). The molecule has 0 radical (unpaired) electrons. The molecule has 2 N–H and O–H groups in total. The minimum absolute atomic E-state index is 0.0533. The van der Waals surface area contributed by atoms with Crippen molar-refractivity contribution in [3.63, 3.8) is 0 Å². The van der Waals surface area contributed by atoms with Crippen LogP contribution in [0.25, 0.3) is 0 Å². The molecule has 4 nitrogen and oxygen atoms in total. The van der Waals surface area contributed by atoms with Crippen LogP contribution in [-0.4, -0.2) is 23.5 Å². The molecule has 122 valence electrons. The number of rotatable bonds is 8. The van der Waals surface area contributed by atoms with Gasteiger partial charge in [0.25, 0.3) is 5.91 Å². The first-order chi connectivity index (χ1) is 10.6. The third kappa shape index (κ3) is 4.83. The van der Waals surface area contributed by atoms with E-state index in [2.05, 4.69) is 12.2 Å². The Balaban J connectivity index is 1.69. The highest BCUT2D eigenvalue weighted by atomic mass is 32.1. The van der Waals surface area contributed by atoms with Crippen molar-refractivity contribution in [3.8, 4) is 0 Å². The normalized spacial score (nSPS) is 17.0. The molecule has 0 aromatic carbocycles. The standard InChI is InChI=1S/C17H25NO3S/c1-12-7-8-13-14(11-22-15(13)10-12)17(21)18-9-5-3-2-4-6-16(19)20/h11-12H,2-10H2,1H3,(H,18,21)(H,19,20). The lowest BCUT2D eigenvalue weighted by molar-refractivity contribution is -0.137. The van der Waals surface area contributed by atoms with E-state index in [-0.39, 0.29) is 12.3 Å². The Hall–Kier alpha value is -1.36. The maximum Gasteiger partial charge on any atom is 0.303 e. The number of carboxylic acids is 1. The Kier molecular flexibility index (Phi) is 6.43. The number of unbranched alkanes of at least 4 members (excludes halogenated alkanes) is 3. The van der Waals surface area contributed by atoms with Crippen LogP contribution in [0.3, 0.4) is 0 Å². The Morgan fingerprint density at radius 2 is 2.09 bits per heavy atom. The molecule has 0 fully saturated rings. The summed E-state index contributed by atoms with van der Waals surface area (Å²) >= 11 is 1.72. The molecule has 1 amide bonds. The van der Waals surface area contributed by atoms with Crippen LogP contribution in [0.4, 0.5) is 0 Å². The molecule has 22 heavy (non-hydrogen) atoms. The summed E-state index contributed by atoms with van der Waals surface area (Å²) in [7, 11) is 0. The van der Waals surface area contributed by atoms with E-state index in [1.807, 2.05) is 5.38 Å². The zero-order valence-electron chi connectivity index (χ0n) is 13.2. The van der Waals surface area contributed by atoms with Crippen LogP contribution in [0.5, 0.6) is 0 Å². The van der Waals surface area contributed by atoms with E-state index < -0.39 is 5.97 Å². The second-order valence-electron chi connectivity index (χ2n) is 6.21. The number of aliphatic carboxylic acids is 1. The Bertz CT molecular complexity index is 524. The van der Waals surface area contributed by atoms with Crippen molar-refractivity contribution in [1.29, 1.82) is 0 Å². The summed E-state index contributed by atoms with van der Waals surface area (Å²) in [4.78, 5) is 24.0. The van der Waals surface area contributed by atoms with Crippen LogP contribution in [0.2, 0.25) is 0 Å². The third-order valence-corrected chi connectivity index (χ3v) is 5.30. The summed E-state index contributed by atoms with van der Waals surface area (Å²) in [6.45, 7) is 2.94. The Labute approximate surface area is 135 Å². The number of amides is 1. The van der Waals surface area contributed by atoms with Crippen LogP contribution >= 0.6 is 11.3 Å². The van der Waals surface area contributed by atoms with Gasteiger partial charge in [-0.3, -0.25) is 9.59 Å². The lowest BCUT2D eigenvalue weighted by Gasteiger charge is -2.18. The predicted octanol–water partition coefficient (Wildman–Crippen LogP) is 3.64. The quantitative estimate of drug-likeness (QED) is 0.718. The second-order valence-corrected chi connectivity index (χ2v) is 7.18. The average Bonchev–Trinajstić information content (AvgIpc) is 2.88. The van der Waals surface area contributed by atoms with E-state index in [0.29, 0.717) is 6.54 Å². The fourth-order valence-electron chi connectivity index (χ4n) is 2.92. The minimum Gasteiger partial charge on any atom is -0.481 e. The molecule has 5 heteroatoms. The van der Waals surface area contributed by atoms with Crippen LogP contribution in [-0.2, 0) is 17.6 Å². The van der Waals surface area contributed by atoms with E-state index in [1.54, 1.807) is 11.3 Å². The zero-order valence-corrected chi connectivity index (χ0v) is 14.0. The Morgan fingerprint density at radius 1 is 1.32 bits per heavy atom. The van der Waals surface area contributed by atoms with Crippen LogP contribution < -0.4 is 5.32 Å². The fourth-order valence-corrected chi connectivity index (χ4v) is 4.16. The molecular weight excluding hydrogens is 298 g/mol. The summed E-state index contributed by atoms with van der Waals surface area (Å²) in [6.07, 6.45) is 7.06. The van der Waals surface area contributed by atoms with Crippen molar-refractivity contribution < 1.29 is 14.7 Å². The van der Waals surface area contributed by atoms with Crippen LogP contribution in [0, 0.1) is 5.92 Å². The SMILES string of the molecule is CC1CCc2c(C(=O)NCCCCCCC(=O)O)csc2C1. The van der Waals surface area contributed by atoms with Crippen molar-refractivity contribution in [2.75, 3.05) is 6.54 Å². The first-order valence-corrected chi connectivity index (χ1v) is 9.05. The molecule has 1 unspecified atom stereocenters. The van der Waals surface area contributed by atoms with Crippen molar-refractivity contribution in [2.45, 2.75) is 58.3 Å². The van der Waals surface area contributed by atoms with Gasteiger partial charge in [-0.25, -0.2) is 0 Å². The molecule has 1 aliphatic carbocycles. The van der Waals surface area contributed by atoms with Gasteiger partial charge in [0.2, 0.25) is 0 Å². The van der Waals surface area contributed by atoms with Crippen molar-refractivity contribution in [3.05, 3.63) is 21.4 Å². The summed E-state index contributed by atoms with van der Waals surface area (Å²) in [5, 5.41) is 13.6. The molecule has 0 saturated heterocycles. The van der Waals surface area contributed by atoms with E-state index in [9.17, 15) is 9.59 Å². The summed E-state index contributed by atoms with van der Waals surface area (Å²) < 4.78 is 0. The third-order valence-electron chi connectivity index (χ3n) is 4.25. The molecule has 1 heterocycles. The molecule has 0 spiro atoms. The zero-order chi connectivity index (χ0) is 15.9. The predicted molar refractivity (Wildman–Crippen MR) is 88.6 cm³/mol. The van der Waals surface area contributed by atoms with Gasteiger partial charge in [-0.05, 0) is 43.6 Å². The van der Waals surface area contributed by atoms with Crippen LogP contribution in [0.15, 0.2) is 5.38 Å². The number of carbonyl (C=O) groups excluding carboxylic acids is 1. The topological polar surface area (TPSA) is 66.4 Å². The van der Waals surface area contributed by atoms with Gasteiger partial charge in [0.1, 0.15) is 0 Å². The monoisotopic (exact) mass is 323 g/mol. The first-order valence-electron chi connectivity index (χ1n) is 8.17. The smallest absolute Gasteiger partial charge is 0.303 e. The maximum atomic E-state index is 12.3. The highest BCUT2D eigenvalue weighted by molar-refractivity contribution is 7.10. The Morgan fingerprint density at radius 3 is 2.86 bits per heavy atom. The summed E-state index contributed by atoms with van der Waals surface area (Å²) in [5.41, 5.74) is 2.14. The van der Waals surface area contributed by atoms with Crippen molar-refractivity contribution in [2.24, 2.45) is 5.92 Å². The molecular formula is C17H25NO3S. The number of hydrogen-bond acceptors (Lipinski definition) is 3. The highest BCUT2D eigenvalue weighted by Crippen LogP contribution is 2.32. The molecule has 0 aliphatic heterocycles. The molecule has 0 bridgehead atoms. The molecule has 1 atom stereocenters. The lowest BCUT2D eigenvalue weighted by Crippen LogP contribution is -2.25. The van der Waals surface area contributed by atoms with Gasteiger partial charge in [0.05, 0.1) is 5.56 Å². The maximum absolute atomic E-state index is 12.3. The van der Waals surface area contributed by atoms with Gasteiger partial charge in [-0.1, -0.05) is 19.8 Å².